The standard InChI is InChI=1S/C22H27N5O2/c1-4-5-14-29-22(28)25-21(23)16-10-12-17(13-11-16)26(2)15-20-24-18-8-6-7-9-19(18)27(20)3/h6-13H,4-5,14-15H2,1-3H3,(H2,23,25,28). The number of amidine groups is 1. The van der Waals surface area contributed by atoms with Crippen LogP contribution in [0.15, 0.2) is 48.5 Å². The molecule has 0 aliphatic carbocycles. The van der Waals surface area contributed by atoms with Crippen LogP contribution in [0.4, 0.5) is 10.5 Å². The first kappa shape index (κ1) is 20.4. The van der Waals surface area contributed by atoms with E-state index in [2.05, 4.69) is 20.9 Å². The third kappa shape index (κ3) is 4.93. The highest BCUT2D eigenvalue weighted by molar-refractivity contribution is 6.04. The Morgan fingerprint density at radius 2 is 1.93 bits per heavy atom. The Balaban J connectivity index is 1.62. The molecular weight excluding hydrogens is 366 g/mol. The molecule has 0 saturated carbocycles. The molecule has 3 rings (SSSR count). The number of aromatic nitrogens is 2. The van der Waals surface area contributed by atoms with Crippen molar-refractivity contribution < 1.29 is 9.53 Å². The van der Waals surface area contributed by atoms with Crippen LogP contribution in [0.1, 0.15) is 31.2 Å². The highest BCUT2D eigenvalue weighted by Crippen LogP contribution is 2.19. The van der Waals surface area contributed by atoms with Gasteiger partial charge in [-0.05, 0) is 42.8 Å². The normalized spacial score (nSPS) is 10.7. The van der Waals surface area contributed by atoms with Crippen molar-refractivity contribution in [1.82, 2.24) is 14.9 Å². The van der Waals surface area contributed by atoms with Gasteiger partial charge >= 0.3 is 6.09 Å². The molecule has 2 N–H and O–H groups in total. The van der Waals surface area contributed by atoms with E-state index in [4.69, 9.17) is 15.1 Å². The molecule has 1 amide bonds. The number of nitrogens with zero attached hydrogens (tertiary/aromatic N) is 3. The summed E-state index contributed by atoms with van der Waals surface area (Å²) in [5, 5.41) is 10.5. The third-order valence-corrected chi connectivity index (χ3v) is 4.81. The lowest BCUT2D eigenvalue weighted by Crippen LogP contribution is -2.31. The Morgan fingerprint density at radius 3 is 2.62 bits per heavy atom. The minimum absolute atomic E-state index is 0.0241. The second-order valence-corrected chi connectivity index (χ2v) is 6.97. The first-order chi connectivity index (χ1) is 14.0. The maximum absolute atomic E-state index is 11.7. The van der Waals surface area contributed by atoms with Gasteiger partial charge in [0.1, 0.15) is 11.7 Å². The third-order valence-electron chi connectivity index (χ3n) is 4.81. The van der Waals surface area contributed by atoms with Gasteiger partial charge < -0.3 is 14.2 Å². The molecule has 1 heterocycles. The minimum atomic E-state index is -0.591. The number of imidazole rings is 1. The number of unbranched alkanes of at least 4 members (excludes halogenated alkanes) is 1. The number of rotatable bonds is 7. The molecule has 29 heavy (non-hydrogen) atoms. The summed E-state index contributed by atoms with van der Waals surface area (Å²) in [5.74, 6) is 0.998. The van der Waals surface area contributed by atoms with Crippen LogP contribution in [0.25, 0.3) is 11.0 Å². The quantitative estimate of drug-likeness (QED) is 0.360. The average molecular weight is 393 g/mol. The summed E-state index contributed by atoms with van der Waals surface area (Å²) in [6.45, 7) is 3.05. The van der Waals surface area contributed by atoms with Crippen LogP contribution < -0.4 is 10.2 Å². The van der Waals surface area contributed by atoms with Gasteiger partial charge in [0.2, 0.25) is 0 Å². The number of carbonyl (C=O) groups excluding carboxylic acids is 1. The molecule has 0 atom stereocenters. The largest absolute Gasteiger partial charge is 0.449 e. The summed E-state index contributed by atoms with van der Waals surface area (Å²) in [6.07, 6.45) is 1.17. The Bertz CT molecular complexity index is 994. The lowest BCUT2D eigenvalue weighted by atomic mass is 10.2. The van der Waals surface area contributed by atoms with E-state index < -0.39 is 6.09 Å². The second kappa shape index (κ2) is 9.23. The van der Waals surface area contributed by atoms with Gasteiger partial charge in [0, 0.05) is 25.3 Å². The molecule has 0 aliphatic rings. The van der Waals surface area contributed by atoms with E-state index >= 15 is 0 Å². The van der Waals surface area contributed by atoms with E-state index in [0.29, 0.717) is 18.7 Å². The first-order valence-corrected chi connectivity index (χ1v) is 9.73. The summed E-state index contributed by atoms with van der Waals surface area (Å²) in [7, 11) is 4.03. The molecule has 0 saturated heterocycles. The number of anilines is 1. The fourth-order valence-corrected chi connectivity index (χ4v) is 3.04. The lowest BCUT2D eigenvalue weighted by molar-refractivity contribution is 0.150. The number of carbonyl (C=O) groups is 1. The van der Waals surface area contributed by atoms with Crippen molar-refractivity contribution in [3.63, 3.8) is 0 Å². The van der Waals surface area contributed by atoms with E-state index in [9.17, 15) is 4.79 Å². The molecule has 0 unspecified atom stereocenters. The number of benzene rings is 2. The van der Waals surface area contributed by atoms with Gasteiger partial charge in [-0.2, -0.15) is 0 Å². The van der Waals surface area contributed by atoms with E-state index in [1.165, 1.54) is 0 Å². The van der Waals surface area contributed by atoms with Gasteiger partial charge in [-0.3, -0.25) is 10.7 Å². The van der Waals surface area contributed by atoms with Crippen molar-refractivity contribution in [3.8, 4) is 0 Å². The first-order valence-electron chi connectivity index (χ1n) is 9.73. The van der Waals surface area contributed by atoms with Gasteiger partial charge in [0.25, 0.3) is 0 Å². The summed E-state index contributed by atoms with van der Waals surface area (Å²) < 4.78 is 7.13. The number of nitrogens with one attached hydrogen (secondary N) is 2. The molecule has 7 heteroatoms. The van der Waals surface area contributed by atoms with Crippen LogP contribution in [0, 0.1) is 5.41 Å². The molecule has 0 radical (unpaired) electrons. The van der Waals surface area contributed by atoms with E-state index in [1.54, 1.807) is 0 Å². The highest BCUT2D eigenvalue weighted by Gasteiger charge is 2.12. The highest BCUT2D eigenvalue weighted by atomic mass is 16.5. The monoisotopic (exact) mass is 393 g/mol. The molecule has 0 spiro atoms. The maximum atomic E-state index is 11.7. The van der Waals surface area contributed by atoms with Crippen molar-refractivity contribution in [2.45, 2.75) is 26.3 Å². The number of hydrogen-bond acceptors (Lipinski definition) is 5. The van der Waals surface area contributed by atoms with Crippen LogP contribution in [-0.4, -0.2) is 35.1 Å². The predicted octanol–water partition coefficient (Wildman–Crippen LogP) is 4.06. The van der Waals surface area contributed by atoms with Crippen molar-refractivity contribution in [2.75, 3.05) is 18.6 Å². The number of hydrogen-bond donors (Lipinski definition) is 2. The number of aryl methyl sites for hydroxylation is 1. The molecule has 0 aliphatic heterocycles. The van der Waals surface area contributed by atoms with Gasteiger partial charge in [0.05, 0.1) is 24.2 Å². The minimum Gasteiger partial charge on any atom is -0.449 e. The number of amides is 1. The Morgan fingerprint density at radius 1 is 1.21 bits per heavy atom. The van der Waals surface area contributed by atoms with E-state index in [-0.39, 0.29) is 5.84 Å². The van der Waals surface area contributed by atoms with E-state index in [0.717, 1.165) is 35.4 Å². The molecule has 7 nitrogen and oxygen atoms in total. The fraction of sp³-hybridized carbons (Fsp3) is 0.318. The smallest absolute Gasteiger partial charge is 0.412 e. The molecule has 1 aromatic heterocycles. The zero-order valence-corrected chi connectivity index (χ0v) is 17.1. The summed E-state index contributed by atoms with van der Waals surface area (Å²) in [4.78, 5) is 18.5. The lowest BCUT2D eigenvalue weighted by Gasteiger charge is -2.19. The van der Waals surface area contributed by atoms with Gasteiger partial charge in [-0.15, -0.1) is 0 Å². The van der Waals surface area contributed by atoms with Crippen LogP contribution in [0.2, 0.25) is 0 Å². The van der Waals surface area contributed by atoms with E-state index in [1.807, 2.05) is 63.5 Å². The van der Waals surface area contributed by atoms with Gasteiger partial charge in [0.15, 0.2) is 0 Å². The number of para-hydroxylation sites is 2. The van der Waals surface area contributed by atoms with Crippen molar-refractivity contribution in [3.05, 3.63) is 59.9 Å². The number of ether oxygens (including phenoxy) is 1. The van der Waals surface area contributed by atoms with Crippen LogP contribution in [0.3, 0.4) is 0 Å². The topological polar surface area (TPSA) is 83.2 Å². The summed E-state index contributed by atoms with van der Waals surface area (Å²) in [5.41, 5.74) is 3.71. The Labute approximate surface area is 170 Å². The Hall–Kier alpha value is -3.35. The number of fused-ring (bicyclic) bond motifs is 1. The van der Waals surface area contributed by atoms with Crippen molar-refractivity contribution >= 4 is 28.6 Å². The van der Waals surface area contributed by atoms with Crippen LogP contribution >= 0.6 is 0 Å². The molecule has 0 fully saturated rings. The van der Waals surface area contributed by atoms with Crippen molar-refractivity contribution in [1.29, 1.82) is 5.41 Å². The average Bonchev–Trinajstić information content (AvgIpc) is 3.04. The molecule has 2 aromatic carbocycles. The van der Waals surface area contributed by atoms with Crippen LogP contribution in [-0.2, 0) is 18.3 Å². The zero-order valence-electron chi connectivity index (χ0n) is 17.1. The molecule has 0 bridgehead atoms. The Kier molecular flexibility index (Phi) is 6.49. The molecular formula is C22H27N5O2. The fourth-order valence-electron chi connectivity index (χ4n) is 3.04. The zero-order chi connectivity index (χ0) is 20.8. The van der Waals surface area contributed by atoms with Gasteiger partial charge in [-0.1, -0.05) is 25.5 Å². The predicted molar refractivity (Wildman–Crippen MR) is 115 cm³/mol. The van der Waals surface area contributed by atoms with Crippen molar-refractivity contribution in [2.24, 2.45) is 7.05 Å². The summed E-state index contributed by atoms with van der Waals surface area (Å²) >= 11 is 0. The van der Waals surface area contributed by atoms with Gasteiger partial charge in [-0.25, -0.2) is 9.78 Å². The second-order valence-electron chi connectivity index (χ2n) is 6.97. The summed E-state index contributed by atoms with van der Waals surface area (Å²) in [6, 6.07) is 15.6. The molecule has 152 valence electrons. The SMILES string of the molecule is CCCCOC(=O)NC(=N)c1ccc(N(C)Cc2nc3ccccc3n2C)cc1. The molecule has 3 aromatic rings. The van der Waals surface area contributed by atoms with Crippen LogP contribution in [0.5, 0.6) is 0 Å². The maximum Gasteiger partial charge on any atom is 0.412 e. The number of alkyl carbamates (subject to hydrolysis) is 1.